The van der Waals surface area contributed by atoms with Crippen LogP contribution in [0.5, 0.6) is 5.75 Å². The SMILES string of the molecule is COc1ccc(Cn2c(=O)n(C)c3nc(-c4ccccc4C#N)ccc32)cc1. The molecule has 0 aliphatic rings. The summed E-state index contributed by atoms with van der Waals surface area (Å²) in [5, 5.41) is 9.35. The van der Waals surface area contributed by atoms with Crippen LogP contribution in [0, 0.1) is 11.3 Å². The molecule has 2 aromatic heterocycles. The van der Waals surface area contributed by atoms with Gasteiger partial charge in [0, 0.05) is 12.6 Å². The number of rotatable bonds is 4. The molecule has 0 saturated heterocycles. The number of nitriles is 1. The molecule has 138 valence electrons. The zero-order valence-corrected chi connectivity index (χ0v) is 15.6. The third-order valence-corrected chi connectivity index (χ3v) is 4.80. The van der Waals surface area contributed by atoms with E-state index in [1.807, 2.05) is 54.6 Å². The lowest BCUT2D eigenvalue weighted by atomic mass is 10.1. The summed E-state index contributed by atoms with van der Waals surface area (Å²) in [5.74, 6) is 0.775. The van der Waals surface area contributed by atoms with Crippen molar-refractivity contribution in [2.45, 2.75) is 6.54 Å². The first-order valence-corrected chi connectivity index (χ1v) is 8.81. The van der Waals surface area contributed by atoms with Crippen LogP contribution >= 0.6 is 0 Å². The maximum Gasteiger partial charge on any atom is 0.330 e. The van der Waals surface area contributed by atoms with Gasteiger partial charge in [0.05, 0.1) is 36.5 Å². The molecule has 4 aromatic rings. The van der Waals surface area contributed by atoms with E-state index in [1.165, 1.54) is 4.57 Å². The summed E-state index contributed by atoms with van der Waals surface area (Å²) >= 11 is 0. The fourth-order valence-electron chi connectivity index (χ4n) is 3.29. The lowest BCUT2D eigenvalue weighted by Gasteiger charge is -2.06. The number of imidazole rings is 1. The van der Waals surface area contributed by atoms with Gasteiger partial charge < -0.3 is 4.74 Å². The van der Waals surface area contributed by atoms with Crippen molar-refractivity contribution < 1.29 is 4.74 Å². The Kier molecular flexibility index (Phi) is 4.42. The van der Waals surface area contributed by atoms with E-state index in [4.69, 9.17) is 4.74 Å². The van der Waals surface area contributed by atoms with Crippen LogP contribution in [-0.4, -0.2) is 21.2 Å². The third-order valence-electron chi connectivity index (χ3n) is 4.80. The molecule has 2 aromatic carbocycles. The molecule has 0 fully saturated rings. The predicted octanol–water partition coefficient (Wildman–Crippen LogP) is 3.33. The molecular weight excluding hydrogens is 352 g/mol. The molecule has 4 rings (SSSR count). The molecule has 0 aliphatic heterocycles. The van der Waals surface area contributed by atoms with Crippen LogP contribution in [0.15, 0.2) is 65.5 Å². The average molecular weight is 370 g/mol. The van der Waals surface area contributed by atoms with Gasteiger partial charge in [-0.3, -0.25) is 9.13 Å². The van der Waals surface area contributed by atoms with Crippen molar-refractivity contribution in [1.82, 2.24) is 14.1 Å². The third kappa shape index (κ3) is 2.93. The highest BCUT2D eigenvalue weighted by molar-refractivity contribution is 5.78. The number of fused-ring (bicyclic) bond motifs is 1. The van der Waals surface area contributed by atoms with Crippen LogP contribution in [0.2, 0.25) is 0 Å². The maximum absolute atomic E-state index is 12.8. The molecular formula is C22H18N4O2. The number of aromatic nitrogens is 3. The van der Waals surface area contributed by atoms with E-state index in [2.05, 4.69) is 11.1 Å². The molecule has 6 heteroatoms. The fraction of sp³-hybridized carbons (Fsp3) is 0.136. The first-order valence-electron chi connectivity index (χ1n) is 8.81. The zero-order valence-electron chi connectivity index (χ0n) is 15.6. The molecule has 2 heterocycles. The molecule has 0 spiro atoms. The number of nitrogens with zero attached hydrogens (tertiary/aromatic N) is 4. The Bertz CT molecular complexity index is 1260. The molecule has 0 atom stereocenters. The maximum atomic E-state index is 12.8. The highest BCUT2D eigenvalue weighted by Crippen LogP contribution is 2.24. The Morgan fingerprint density at radius 3 is 2.54 bits per heavy atom. The number of ether oxygens (including phenoxy) is 1. The van der Waals surface area contributed by atoms with Crippen molar-refractivity contribution in [3.05, 3.63) is 82.3 Å². The topological polar surface area (TPSA) is 72.8 Å². The van der Waals surface area contributed by atoms with Gasteiger partial charge in [-0.25, -0.2) is 9.78 Å². The number of hydrogen-bond acceptors (Lipinski definition) is 4. The minimum absolute atomic E-state index is 0.135. The van der Waals surface area contributed by atoms with E-state index in [0.29, 0.717) is 23.4 Å². The van der Waals surface area contributed by atoms with Crippen molar-refractivity contribution in [3.63, 3.8) is 0 Å². The first kappa shape index (κ1) is 17.6. The molecule has 0 unspecified atom stereocenters. The van der Waals surface area contributed by atoms with Gasteiger partial charge >= 0.3 is 5.69 Å². The van der Waals surface area contributed by atoms with Gasteiger partial charge in [-0.1, -0.05) is 30.3 Å². The molecule has 0 bridgehead atoms. The highest BCUT2D eigenvalue weighted by Gasteiger charge is 2.14. The van der Waals surface area contributed by atoms with Gasteiger partial charge in [0.1, 0.15) is 5.75 Å². The van der Waals surface area contributed by atoms with Crippen molar-refractivity contribution in [1.29, 1.82) is 5.26 Å². The van der Waals surface area contributed by atoms with Crippen molar-refractivity contribution >= 4 is 11.2 Å². The molecule has 28 heavy (non-hydrogen) atoms. The van der Waals surface area contributed by atoms with Crippen LogP contribution in [-0.2, 0) is 13.6 Å². The van der Waals surface area contributed by atoms with Gasteiger partial charge in [-0.2, -0.15) is 5.26 Å². The lowest BCUT2D eigenvalue weighted by Crippen LogP contribution is -2.22. The summed E-state index contributed by atoms with van der Waals surface area (Å²) in [6.07, 6.45) is 0. The molecule has 0 radical (unpaired) electrons. The Morgan fingerprint density at radius 1 is 1.07 bits per heavy atom. The monoisotopic (exact) mass is 370 g/mol. The Morgan fingerprint density at radius 2 is 1.82 bits per heavy atom. The average Bonchev–Trinajstić information content (AvgIpc) is 2.98. The normalized spacial score (nSPS) is 10.8. The second-order valence-electron chi connectivity index (χ2n) is 6.47. The summed E-state index contributed by atoms with van der Waals surface area (Å²) in [6, 6.07) is 20.9. The largest absolute Gasteiger partial charge is 0.497 e. The van der Waals surface area contributed by atoms with E-state index in [9.17, 15) is 10.1 Å². The van der Waals surface area contributed by atoms with Gasteiger partial charge in [0.2, 0.25) is 0 Å². The smallest absolute Gasteiger partial charge is 0.330 e. The van der Waals surface area contributed by atoms with Crippen LogP contribution in [0.4, 0.5) is 0 Å². The van der Waals surface area contributed by atoms with E-state index in [1.54, 1.807) is 24.8 Å². The Balaban J connectivity index is 1.80. The Labute approximate surface area is 161 Å². The van der Waals surface area contributed by atoms with Crippen molar-refractivity contribution in [2.24, 2.45) is 7.05 Å². The number of aryl methyl sites for hydroxylation is 1. The standard InChI is InChI=1S/C22H18N4O2/c1-25-21-20(12-11-19(24-21)18-6-4-3-5-16(18)13-23)26(22(25)27)14-15-7-9-17(28-2)10-8-15/h3-12H,14H2,1-2H3. The Hall–Kier alpha value is -3.85. The van der Waals surface area contributed by atoms with Crippen molar-refractivity contribution in [3.8, 4) is 23.1 Å². The van der Waals surface area contributed by atoms with Gasteiger partial charge in [0.25, 0.3) is 0 Å². The highest BCUT2D eigenvalue weighted by atomic mass is 16.5. The summed E-state index contributed by atoms with van der Waals surface area (Å²) in [5.41, 5.74) is 4.17. The lowest BCUT2D eigenvalue weighted by molar-refractivity contribution is 0.414. The van der Waals surface area contributed by atoms with Crippen LogP contribution in [0.1, 0.15) is 11.1 Å². The van der Waals surface area contributed by atoms with Crippen LogP contribution in [0.25, 0.3) is 22.4 Å². The van der Waals surface area contributed by atoms with E-state index >= 15 is 0 Å². The quantitative estimate of drug-likeness (QED) is 0.552. The number of methoxy groups -OCH3 is 1. The van der Waals surface area contributed by atoms with Crippen LogP contribution < -0.4 is 10.4 Å². The van der Waals surface area contributed by atoms with E-state index in [0.717, 1.165) is 22.4 Å². The summed E-state index contributed by atoms with van der Waals surface area (Å²) in [6.45, 7) is 0.440. The fourth-order valence-corrected chi connectivity index (χ4v) is 3.29. The summed E-state index contributed by atoms with van der Waals surface area (Å²) in [4.78, 5) is 17.5. The minimum Gasteiger partial charge on any atom is -0.497 e. The number of pyridine rings is 1. The summed E-state index contributed by atoms with van der Waals surface area (Å²) in [7, 11) is 3.33. The van der Waals surface area contributed by atoms with Crippen molar-refractivity contribution in [2.75, 3.05) is 7.11 Å². The zero-order chi connectivity index (χ0) is 19.7. The van der Waals surface area contributed by atoms with E-state index < -0.39 is 0 Å². The van der Waals surface area contributed by atoms with Gasteiger partial charge in [-0.15, -0.1) is 0 Å². The molecule has 6 nitrogen and oxygen atoms in total. The second-order valence-corrected chi connectivity index (χ2v) is 6.47. The van der Waals surface area contributed by atoms with Crippen LogP contribution in [0.3, 0.4) is 0 Å². The molecule has 0 amide bonds. The molecule has 0 aliphatic carbocycles. The predicted molar refractivity (Wildman–Crippen MR) is 107 cm³/mol. The minimum atomic E-state index is -0.135. The molecule has 0 saturated carbocycles. The molecule has 0 N–H and O–H groups in total. The number of hydrogen-bond donors (Lipinski definition) is 0. The first-order chi connectivity index (χ1) is 13.6. The van der Waals surface area contributed by atoms with E-state index in [-0.39, 0.29) is 5.69 Å². The van der Waals surface area contributed by atoms with Gasteiger partial charge in [0.15, 0.2) is 5.65 Å². The summed E-state index contributed by atoms with van der Waals surface area (Å²) < 4.78 is 8.42. The second kappa shape index (κ2) is 7.05. The number of benzene rings is 2. The van der Waals surface area contributed by atoms with Gasteiger partial charge in [-0.05, 0) is 35.9 Å².